The molecule has 0 fully saturated rings. The molecule has 0 N–H and O–H groups in total. The van der Waals surface area contributed by atoms with Crippen LogP contribution in [0.3, 0.4) is 0 Å². The molecule has 2 heteroatoms. The van der Waals surface area contributed by atoms with E-state index in [1.807, 2.05) is 11.3 Å². The molecular formula is C14H23BrS. The predicted molar refractivity (Wildman–Crippen MR) is 78.8 cm³/mol. The maximum atomic E-state index is 3.82. The van der Waals surface area contributed by atoms with E-state index in [1.165, 1.54) is 22.6 Å². The lowest BCUT2D eigenvalue weighted by atomic mass is 9.95. The zero-order valence-electron chi connectivity index (χ0n) is 11.0. The molecule has 0 spiro atoms. The summed E-state index contributed by atoms with van der Waals surface area (Å²) >= 11 is 5.77. The zero-order valence-corrected chi connectivity index (χ0v) is 13.4. The topological polar surface area (TPSA) is 0 Å². The summed E-state index contributed by atoms with van der Waals surface area (Å²) in [5.41, 5.74) is 0.284. The highest BCUT2D eigenvalue weighted by atomic mass is 79.9. The maximum absolute atomic E-state index is 3.82. The Morgan fingerprint density at radius 1 is 1.31 bits per heavy atom. The van der Waals surface area contributed by atoms with E-state index >= 15 is 0 Å². The maximum Gasteiger partial charge on any atom is 0.0491 e. The van der Waals surface area contributed by atoms with Gasteiger partial charge in [-0.05, 0) is 29.9 Å². The van der Waals surface area contributed by atoms with Crippen LogP contribution in [0.2, 0.25) is 0 Å². The second kappa shape index (κ2) is 5.68. The fraction of sp³-hybridized carbons (Fsp3) is 0.714. The summed E-state index contributed by atoms with van der Waals surface area (Å²) in [5.74, 6) is 0.796. The van der Waals surface area contributed by atoms with E-state index in [-0.39, 0.29) is 5.41 Å². The molecule has 0 aliphatic carbocycles. The Balaban J connectivity index is 2.71. The highest BCUT2D eigenvalue weighted by Gasteiger charge is 2.19. The lowest BCUT2D eigenvalue weighted by molar-refractivity contribution is 0.516. The molecule has 2 unspecified atom stereocenters. The van der Waals surface area contributed by atoms with Gasteiger partial charge in [0, 0.05) is 14.6 Å². The normalized spacial score (nSPS) is 16.1. The van der Waals surface area contributed by atoms with Gasteiger partial charge in [-0.15, -0.1) is 11.3 Å². The summed E-state index contributed by atoms with van der Waals surface area (Å²) < 4.78 is 0. The van der Waals surface area contributed by atoms with Crippen LogP contribution in [0.25, 0.3) is 0 Å². The number of thiophene rings is 1. The van der Waals surface area contributed by atoms with Crippen LogP contribution in [0.5, 0.6) is 0 Å². The lowest BCUT2D eigenvalue weighted by Crippen LogP contribution is -2.07. The molecule has 1 aromatic heterocycles. The fourth-order valence-corrected chi connectivity index (χ4v) is 3.69. The summed E-state index contributed by atoms with van der Waals surface area (Å²) in [7, 11) is 0. The van der Waals surface area contributed by atoms with E-state index in [4.69, 9.17) is 0 Å². The summed E-state index contributed by atoms with van der Waals surface area (Å²) in [6.07, 6.45) is 2.50. The molecule has 16 heavy (non-hydrogen) atoms. The first-order valence-electron chi connectivity index (χ1n) is 6.09. The molecular weight excluding hydrogens is 280 g/mol. The van der Waals surface area contributed by atoms with Gasteiger partial charge in [0.15, 0.2) is 0 Å². The zero-order chi connectivity index (χ0) is 12.3. The Kier molecular flexibility index (Phi) is 5.06. The first-order chi connectivity index (χ1) is 7.34. The molecule has 1 rings (SSSR count). The van der Waals surface area contributed by atoms with Crippen LogP contribution in [0, 0.1) is 5.92 Å². The molecule has 1 aromatic rings. The standard InChI is InChI=1S/C14H23BrS/c1-6-10(2)9-11(15)12-7-8-13(16-12)14(3,4)5/h7-8,10-11H,6,9H2,1-5H3. The molecule has 0 saturated heterocycles. The monoisotopic (exact) mass is 302 g/mol. The fourth-order valence-electron chi connectivity index (χ4n) is 1.56. The summed E-state index contributed by atoms with van der Waals surface area (Å²) in [4.78, 5) is 3.49. The van der Waals surface area contributed by atoms with Crippen LogP contribution in [-0.4, -0.2) is 0 Å². The van der Waals surface area contributed by atoms with Gasteiger partial charge in [-0.1, -0.05) is 57.0 Å². The second-order valence-electron chi connectivity index (χ2n) is 5.67. The predicted octanol–water partition coefficient (Wildman–Crippen LogP) is 5.92. The molecule has 0 aliphatic rings. The Hall–Kier alpha value is 0.180. The van der Waals surface area contributed by atoms with Gasteiger partial charge in [-0.25, -0.2) is 0 Å². The first-order valence-corrected chi connectivity index (χ1v) is 7.82. The van der Waals surface area contributed by atoms with Crippen LogP contribution >= 0.6 is 27.3 Å². The molecule has 0 saturated carbocycles. The van der Waals surface area contributed by atoms with Gasteiger partial charge < -0.3 is 0 Å². The van der Waals surface area contributed by atoms with Crippen molar-refractivity contribution in [3.05, 3.63) is 21.9 Å². The van der Waals surface area contributed by atoms with Crippen molar-refractivity contribution in [2.75, 3.05) is 0 Å². The Morgan fingerprint density at radius 2 is 1.94 bits per heavy atom. The average Bonchev–Trinajstić information content (AvgIpc) is 2.65. The molecule has 0 aromatic carbocycles. The van der Waals surface area contributed by atoms with Crippen LogP contribution in [-0.2, 0) is 5.41 Å². The lowest BCUT2D eigenvalue weighted by Gasteiger charge is -2.16. The number of hydrogen-bond acceptors (Lipinski definition) is 1. The summed E-state index contributed by atoms with van der Waals surface area (Å²) in [6, 6.07) is 4.57. The minimum Gasteiger partial charge on any atom is -0.144 e. The van der Waals surface area contributed by atoms with Crippen molar-refractivity contribution in [1.82, 2.24) is 0 Å². The second-order valence-corrected chi connectivity index (χ2v) is 7.89. The summed E-state index contributed by atoms with van der Waals surface area (Å²) in [5, 5.41) is 0. The SMILES string of the molecule is CCC(C)CC(Br)c1ccc(C(C)(C)C)s1. The third-order valence-electron chi connectivity index (χ3n) is 2.98. The van der Waals surface area contributed by atoms with Crippen molar-refractivity contribution in [2.24, 2.45) is 5.92 Å². The minimum absolute atomic E-state index is 0.284. The van der Waals surface area contributed by atoms with Gasteiger partial charge in [0.25, 0.3) is 0 Å². The largest absolute Gasteiger partial charge is 0.144 e. The van der Waals surface area contributed by atoms with Gasteiger partial charge in [0.2, 0.25) is 0 Å². The molecule has 2 atom stereocenters. The quantitative estimate of drug-likeness (QED) is 0.606. The van der Waals surface area contributed by atoms with E-state index < -0.39 is 0 Å². The minimum atomic E-state index is 0.284. The molecule has 0 bridgehead atoms. The smallest absolute Gasteiger partial charge is 0.0491 e. The van der Waals surface area contributed by atoms with Gasteiger partial charge in [0.1, 0.15) is 0 Å². The van der Waals surface area contributed by atoms with Crippen LogP contribution in [0.1, 0.15) is 62.0 Å². The van der Waals surface area contributed by atoms with Crippen molar-refractivity contribution in [1.29, 1.82) is 0 Å². The molecule has 0 amide bonds. The van der Waals surface area contributed by atoms with Crippen molar-refractivity contribution >= 4 is 27.3 Å². The Morgan fingerprint density at radius 3 is 2.38 bits per heavy atom. The third kappa shape index (κ3) is 3.89. The number of alkyl halides is 1. The van der Waals surface area contributed by atoms with E-state index in [0.717, 1.165) is 5.92 Å². The highest BCUT2D eigenvalue weighted by molar-refractivity contribution is 9.09. The number of rotatable bonds is 4. The van der Waals surface area contributed by atoms with E-state index in [2.05, 4.69) is 62.7 Å². The van der Waals surface area contributed by atoms with E-state index in [9.17, 15) is 0 Å². The first kappa shape index (κ1) is 14.2. The molecule has 1 heterocycles. The van der Waals surface area contributed by atoms with Crippen molar-refractivity contribution in [3.63, 3.8) is 0 Å². The Bertz CT molecular complexity index is 322. The van der Waals surface area contributed by atoms with Crippen LogP contribution in [0.4, 0.5) is 0 Å². The number of halogens is 1. The average molecular weight is 303 g/mol. The molecule has 92 valence electrons. The van der Waals surface area contributed by atoms with Crippen molar-refractivity contribution in [3.8, 4) is 0 Å². The van der Waals surface area contributed by atoms with Crippen LogP contribution < -0.4 is 0 Å². The van der Waals surface area contributed by atoms with Gasteiger partial charge >= 0.3 is 0 Å². The van der Waals surface area contributed by atoms with Crippen molar-refractivity contribution < 1.29 is 0 Å². The molecule has 0 nitrogen and oxygen atoms in total. The summed E-state index contributed by atoms with van der Waals surface area (Å²) in [6.45, 7) is 11.4. The van der Waals surface area contributed by atoms with Gasteiger partial charge in [-0.2, -0.15) is 0 Å². The van der Waals surface area contributed by atoms with E-state index in [1.54, 1.807) is 0 Å². The highest BCUT2D eigenvalue weighted by Crippen LogP contribution is 2.38. The van der Waals surface area contributed by atoms with Gasteiger partial charge in [0.05, 0.1) is 0 Å². The molecule has 0 aliphatic heterocycles. The van der Waals surface area contributed by atoms with Crippen LogP contribution in [0.15, 0.2) is 12.1 Å². The van der Waals surface area contributed by atoms with Gasteiger partial charge in [-0.3, -0.25) is 0 Å². The third-order valence-corrected chi connectivity index (χ3v) is 5.78. The van der Waals surface area contributed by atoms with Crippen molar-refractivity contribution in [2.45, 2.75) is 57.7 Å². The number of hydrogen-bond donors (Lipinski definition) is 0. The van der Waals surface area contributed by atoms with E-state index in [0.29, 0.717) is 4.83 Å². The Labute approximate surface area is 113 Å². The molecule has 0 radical (unpaired) electrons.